The van der Waals surface area contributed by atoms with E-state index < -0.39 is 35.7 Å². The van der Waals surface area contributed by atoms with Crippen LogP contribution in [0.25, 0.3) is 0 Å². The molecule has 2 saturated heterocycles. The number of anilines is 2. The Morgan fingerprint density at radius 1 is 1.14 bits per heavy atom. The molecule has 0 unspecified atom stereocenters. The lowest BCUT2D eigenvalue weighted by Gasteiger charge is -2.37. The monoisotopic (exact) mass is 398 g/mol. The Hall–Kier alpha value is -3.56. The maximum Gasteiger partial charge on any atom is 0.325 e. The number of urea groups is 1. The Kier molecular flexibility index (Phi) is 4.83. The highest BCUT2D eigenvalue weighted by Gasteiger charge is 2.52. The summed E-state index contributed by atoms with van der Waals surface area (Å²) in [6.07, 6.45) is 4.09. The van der Waals surface area contributed by atoms with Gasteiger partial charge in [0.25, 0.3) is 5.91 Å². The van der Waals surface area contributed by atoms with E-state index in [1.165, 1.54) is 24.3 Å². The van der Waals surface area contributed by atoms with Gasteiger partial charge in [0, 0.05) is 31.2 Å². The van der Waals surface area contributed by atoms with Crippen LogP contribution in [-0.4, -0.2) is 57.9 Å². The number of nitrogens with one attached hydrogen (secondary N) is 2. The molecule has 150 valence electrons. The molecule has 10 heteroatoms. The molecule has 29 heavy (non-hydrogen) atoms. The number of piperidine rings is 1. The number of hydrogen-bond donors (Lipinski definition) is 2. The molecule has 3 heterocycles. The van der Waals surface area contributed by atoms with Gasteiger partial charge < -0.3 is 15.5 Å². The molecular weight excluding hydrogens is 379 g/mol. The molecule has 1 aromatic carbocycles. The lowest BCUT2D eigenvalue weighted by Crippen LogP contribution is -2.55. The molecule has 0 radical (unpaired) electrons. The number of nitrogens with zero attached hydrogens (tertiary/aromatic N) is 4. The summed E-state index contributed by atoms with van der Waals surface area (Å²) in [6.45, 7) is 0.604. The molecule has 2 aliphatic heterocycles. The zero-order valence-electron chi connectivity index (χ0n) is 15.5. The number of imide groups is 1. The third-order valence-electron chi connectivity index (χ3n) is 5.13. The zero-order chi connectivity index (χ0) is 20.4. The quantitative estimate of drug-likeness (QED) is 0.748. The summed E-state index contributed by atoms with van der Waals surface area (Å²) >= 11 is 0. The van der Waals surface area contributed by atoms with Gasteiger partial charge in [-0.3, -0.25) is 14.5 Å². The van der Waals surface area contributed by atoms with Crippen molar-refractivity contribution in [2.75, 3.05) is 29.9 Å². The first-order chi connectivity index (χ1) is 14.0. The highest BCUT2D eigenvalue weighted by atomic mass is 19.1. The van der Waals surface area contributed by atoms with Crippen molar-refractivity contribution >= 4 is 29.5 Å². The molecule has 1 spiro atoms. The largest absolute Gasteiger partial charge is 0.341 e. The molecule has 4 amide bonds. The van der Waals surface area contributed by atoms with Crippen molar-refractivity contribution in [3.63, 3.8) is 0 Å². The number of carbonyl (C=O) groups is 3. The van der Waals surface area contributed by atoms with Crippen LogP contribution in [0.5, 0.6) is 0 Å². The van der Waals surface area contributed by atoms with Gasteiger partial charge in [-0.2, -0.15) is 0 Å². The standard InChI is InChI=1S/C19H19FN6O3/c20-13-2-4-14(5-3-13)23-15(27)12-26-16(28)19(24-18(26)29)6-10-25(11-7-19)17-21-8-1-9-22-17/h1-5,8-9H,6-7,10-12H2,(H,23,27)(H,24,29). The fourth-order valence-corrected chi connectivity index (χ4v) is 3.58. The molecule has 2 fully saturated rings. The molecule has 2 aliphatic rings. The average molecular weight is 398 g/mol. The van der Waals surface area contributed by atoms with Crippen LogP contribution < -0.4 is 15.5 Å². The third kappa shape index (κ3) is 3.73. The maximum absolute atomic E-state index is 13.0. The SMILES string of the molecule is O=C(CN1C(=O)NC2(CCN(c3ncccn3)CC2)C1=O)Nc1ccc(F)cc1. The van der Waals surface area contributed by atoms with E-state index in [4.69, 9.17) is 0 Å². The van der Waals surface area contributed by atoms with Gasteiger partial charge in [-0.1, -0.05) is 0 Å². The van der Waals surface area contributed by atoms with E-state index in [2.05, 4.69) is 20.6 Å². The summed E-state index contributed by atoms with van der Waals surface area (Å²) in [7, 11) is 0. The predicted octanol–water partition coefficient (Wildman–Crippen LogP) is 1.15. The van der Waals surface area contributed by atoms with Crippen molar-refractivity contribution in [2.24, 2.45) is 0 Å². The van der Waals surface area contributed by atoms with Crippen molar-refractivity contribution in [2.45, 2.75) is 18.4 Å². The second-order valence-corrected chi connectivity index (χ2v) is 6.99. The first-order valence-electron chi connectivity index (χ1n) is 9.18. The molecule has 9 nitrogen and oxygen atoms in total. The van der Waals surface area contributed by atoms with Crippen molar-refractivity contribution in [1.82, 2.24) is 20.2 Å². The molecule has 2 aromatic rings. The van der Waals surface area contributed by atoms with E-state index in [9.17, 15) is 18.8 Å². The van der Waals surface area contributed by atoms with Gasteiger partial charge in [0.1, 0.15) is 17.9 Å². The molecule has 4 rings (SSSR count). The summed E-state index contributed by atoms with van der Waals surface area (Å²) in [5.41, 5.74) is -0.632. The maximum atomic E-state index is 13.0. The minimum atomic E-state index is -1.02. The van der Waals surface area contributed by atoms with E-state index in [1.807, 2.05) is 4.90 Å². The first-order valence-corrected chi connectivity index (χ1v) is 9.18. The first kappa shape index (κ1) is 18.8. The van der Waals surface area contributed by atoms with Gasteiger partial charge in [-0.25, -0.2) is 19.2 Å². The summed E-state index contributed by atoms with van der Waals surface area (Å²) in [4.78, 5) is 48.8. The lowest BCUT2D eigenvalue weighted by molar-refractivity contribution is -0.134. The topological polar surface area (TPSA) is 108 Å². The van der Waals surface area contributed by atoms with E-state index >= 15 is 0 Å². The summed E-state index contributed by atoms with van der Waals surface area (Å²) < 4.78 is 13.0. The van der Waals surface area contributed by atoms with Gasteiger partial charge in [0.2, 0.25) is 11.9 Å². The minimum Gasteiger partial charge on any atom is -0.341 e. The summed E-state index contributed by atoms with van der Waals surface area (Å²) in [6, 6.07) is 6.37. The summed E-state index contributed by atoms with van der Waals surface area (Å²) in [5, 5.41) is 5.31. The number of aromatic nitrogens is 2. The van der Waals surface area contributed by atoms with Crippen LogP contribution in [0.4, 0.5) is 20.8 Å². The highest BCUT2D eigenvalue weighted by Crippen LogP contribution is 2.30. The summed E-state index contributed by atoms with van der Waals surface area (Å²) in [5.74, 6) is -0.793. The number of hydrogen-bond acceptors (Lipinski definition) is 6. The van der Waals surface area contributed by atoms with Crippen molar-refractivity contribution in [1.29, 1.82) is 0 Å². The molecule has 0 aliphatic carbocycles. The second kappa shape index (κ2) is 7.46. The van der Waals surface area contributed by atoms with Crippen LogP contribution in [0.1, 0.15) is 12.8 Å². The van der Waals surface area contributed by atoms with Crippen LogP contribution >= 0.6 is 0 Å². The number of carbonyl (C=O) groups excluding carboxylic acids is 3. The molecule has 0 saturated carbocycles. The van der Waals surface area contributed by atoms with Crippen LogP contribution in [-0.2, 0) is 9.59 Å². The molecule has 0 atom stereocenters. The van der Waals surface area contributed by atoms with Crippen LogP contribution in [0.2, 0.25) is 0 Å². The Morgan fingerprint density at radius 2 is 1.79 bits per heavy atom. The molecule has 1 aromatic heterocycles. The van der Waals surface area contributed by atoms with E-state index in [0.29, 0.717) is 37.6 Å². The highest BCUT2D eigenvalue weighted by molar-refractivity contribution is 6.10. The molecule has 2 N–H and O–H groups in total. The molecule has 0 bridgehead atoms. The molecular formula is C19H19FN6O3. The number of amides is 4. The second-order valence-electron chi connectivity index (χ2n) is 6.99. The Bertz CT molecular complexity index is 929. The van der Waals surface area contributed by atoms with E-state index in [0.717, 1.165) is 4.90 Å². The normalized spacial score (nSPS) is 18.1. The van der Waals surface area contributed by atoms with Crippen LogP contribution in [0, 0.1) is 5.82 Å². The van der Waals surface area contributed by atoms with Gasteiger partial charge in [0.15, 0.2) is 0 Å². The van der Waals surface area contributed by atoms with Crippen LogP contribution in [0.15, 0.2) is 42.7 Å². The predicted molar refractivity (Wildman–Crippen MR) is 101 cm³/mol. The van der Waals surface area contributed by atoms with Gasteiger partial charge in [0.05, 0.1) is 0 Å². The van der Waals surface area contributed by atoms with E-state index in [-0.39, 0.29) is 0 Å². The number of benzene rings is 1. The fraction of sp³-hybridized carbons (Fsp3) is 0.316. The van der Waals surface area contributed by atoms with Gasteiger partial charge in [-0.15, -0.1) is 0 Å². The van der Waals surface area contributed by atoms with E-state index in [1.54, 1.807) is 18.5 Å². The average Bonchev–Trinajstić information content (AvgIpc) is 2.95. The zero-order valence-corrected chi connectivity index (χ0v) is 15.5. The minimum absolute atomic E-state index is 0.384. The third-order valence-corrected chi connectivity index (χ3v) is 5.13. The Balaban J connectivity index is 1.38. The van der Waals surface area contributed by atoms with Gasteiger partial charge >= 0.3 is 6.03 Å². The van der Waals surface area contributed by atoms with Crippen LogP contribution in [0.3, 0.4) is 0 Å². The van der Waals surface area contributed by atoms with Crippen molar-refractivity contribution in [3.8, 4) is 0 Å². The number of rotatable bonds is 4. The van der Waals surface area contributed by atoms with Gasteiger partial charge in [-0.05, 0) is 43.2 Å². The Labute approximate surface area is 165 Å². The lowest BCUT2D eigenvalue weighted by atomic mass is 9.87. The Morgan fingerprint density at radius 3 is 2.45 bits per heavy atom. The van der Waals surface area contributed by atoms with Crippen molar-refractivity contribution < 1.29 is 18.8 Å². The number of halogens is 1. The van der Waals surface area contributed by atoms with Crippen molar-refractivity contribution in [3.05, 3.63) is 48.5 Å². The fourth-order valence-electron chi connectivity index (χ4n) is 3.58. The smallest absolute Gasteiger partial charge is 0.325 e.